The van der Waals surface area contributed by atoms with Gasteiger partial charge in [-0.1, -0.05) is 0 Å². The van der Waals surface area contributed by atoms with E-state index in [4.69, 9.17) is 5.11 Å². The number of nitrogens with one attached hydrogen (secondary N) is 1. The van der Waals surface area contributed by atoms with E-state index in [1.54, 1.807) is 13.0 Å². The Kier molecular flexibility index (Phi) is 3.55. The Morgan fingerprint density at radius 1 is 1.39 bits per heavy atom. The molecule has 1 fully saturated rings. The van der Waals surface area contributed by atoms with Crippen LogP contribution in [0.4, 0.5) is 0 Å². The zero-order chi connectivity index (χ0) is 13.1. The van der Waals surface area contributed by atoms with Crippen LogP contribution in [0.1, 0.15) is 35.4 Å². The minimum atomic E-state index is -0.787. The van der Waals surface area contributed by atoms with Crippen LogP contribution in [0.5, 0.6) is 0 Å². The highest BCUT2D eigenvalue weighted by Crippen LogP contribution is 2.25. The number of rotatable bonds is 3. The second-order valence-electron chi connectivity index (χ2n) is 4.56. The van der Waals surface area contributed by atoms with Crippen molar-refractivity contribution < 1.29 is 14.7 Å². The lowest BCUT2D eigenvalue weighted by Crippen LogP contribution is -2.34. The van der Waals surface area contributed by atoms with Crippen molar-refractivity contribution in [1.29, 1.82) is 0 Å². The Balaban J connectivity index is 1.95. The molecule has 1 aliphatic rings. The van der Waals surface area contributed by atoms with Crippen molar-refractivity contribution in [3.8, 4) is 0 Å². The fraction of sp³-hybridized carbons (Fsp3) is 0.500. The van der Waals surface area contributed by atoms with Crippen LogP contribution in [0.25, 0.3) is 0 Å². The van der Waals surface area contributed by atoms with Gasteiger partial charge in [-0.2, -0.15) is 0 Å². The average Bonchev–Trinajstić information content (AvgIpc) is 2.77. The zero-order valence-corrected chi connectivity index (χ0v) is 10.1. The van der Waals surface area contributed by atoms with Gasteiger partial charge in [0.15, 0.2) is 0 Å². The summed E-state index contributed by atoms with van der Waals surface area (Å²) in [6.45, 7) is 1.79. The summed E-state index contributed by atoms with van der Waals surface area (Å²) in [6.07, 6.45) is 3.15. The first-order chi connectivity index (χ1) is 8.56. The summed E-state index contributed by atoms with van der Waals surface area (Å²) in [5, 5.41) is 11.7. The Labute approximate surface area is 104 Å². The fourth-order valence-corrected chi connectivity index (χ4v) is 2.17. The first-order valence-corrected chi connectivity index (χ1v) is 5.88. The van der Waals surface area contributed by atoms with Crippen LogP contribution < -0.4 is 5.32 Å². The maximum atomic E-state index is 11.9. The maximum absolute atomic E-state index is 11.9. The highest BCUT2D eigenvalue weighted by molar-refractivity contribution is 5.92. The summed E-state index contributed by atoms with van der Waals surface area (Å²) >= 11 is 0. The minimum Gasteiger partial charge on any atom is -0.481 e. The molecular formula is C12H15N3O3. The number of amides is 1. The van der Waals surface area contributed by atoms with Crippen LogP contribution in [-0.2, 0) is 4.79 Å². The monoisotopic (exact) mass is 249 g/mol. The molecule has 6 nitrogen and oxygen atoms in total. The van der Waals surface area contributed by atoms with Crippen molar-refractivity contribution in [3.05, 3.63) is 23.8 Å². The molecule has 1 heterocycles. The van der Waals surface area contributed by atoms with Crippen molar-refractivity contribution in [2.24, 2.45) is 5.92 Å². The van der Waals surface area contributed by atoms with Crippen molar-refractivity contribution in [3.63, 3.8) is 0 Å². The second kappa shape index (κ2) is 5.12. The molecule has 0 bridgehead atoms. The van der Waals surface area contributed by atoms with Crippen molar-refractivity contribution >= 4 is 11.9 Å². The van der Waals surface area contributed by atoms with Gasteiger partial charge in [-0.3, -0.25) is 9.59 Å². The lowest BCUT2D eigenvalue weighted by Gasteiger charge is -2.11. The van der Waals surface area contributed by atoms with Crippen LogP contribution in [0.2, 0.25) is 0 Å². The molecule has 0 unspecified atom stereocenters. The normalized spacial score (nSPS) is 22.7. The zero-order valence-electron chi connectivity index (χ0n) is 10.1. The number of carbonyl (C=O) groups excluding carboxylic acids is 1. The molecule has 1 aliphatic carbocycles. The van der Waals surface area contributed by atoms with E-state index in [2.05, 4.69) is 15.3 Å². The third-order valence-electron chi connectivity index (χ3n) is 3.15. The molecule has 2 atom stereocenters. The van der Waals surface area contributed by atoms with Crippen LogP contribution in [0.15, 0.2) is 12.4 Å². The smallest absolute Gasteiger partial charge is 0.306 e. The SMILES string of the molecule is Cc1cc(C(=O)N[C@H]2CC[C@@H](C(=O)O)C2)ncn1. The molecular weight excluding hydrogens is 234 g/mol. The van der Waals surface area contributed by atoms with E-state index in [-0.39, 0.29) is 17.9 Å². The Bertz CT molecular complexity index is 475. The standard InChI is InChI=1S/C12H15N3O3/c1-7-4-10(14-6-13-7)11(16)15-9-3-2-8(5-9)12(17)18/h4,6,8-9H,2-3,5H2,1H3,(H,15,16)(H,17,18)/t8-,9+/m1/s1. The first-order valence-electron chi connectivity index (χ1n) is 5.88. The third kappa shape index (κ3) is 2.82. The average molecular weight is 249 g/mol. The summed E-state index contributed by atoms with van der Waals surface area (Å²) in [5.41, 5.74) is 1.05. The van der Waals surface area contributed by atoms with Crippen LogP contribution in [0, 0.1) is 12.8 Å². The number of hydrogen-bond acceptors (Lipinski definition) is 4. The summed E-state index contributed by atoms with van der Waals surface area (Å²) in [6, 6.07) is 1.53. The van der Waals surface area contributed by atoms with Crippen LogP contribution >= 0.6 is 0 Å². The quantitative estimate of drug-likeness (QED) is 0.825. The minimum absolute atomic E-state index is 0.0751. The topological polar surface area (TPSA) is 92.2 Å². The van der Waals surface area contributed by atoms with Gasteiger partial charge in [0, 0.05) is 11.7 Å². The van der Waals surface area contributed by atoms with Gasteiger partial charge < -0.3 is 10.4 Å². The van der Waals surface area contributed by atoms with Gasteiger partial charge in [0.25, 0.3) is 5.91 Å². The lowest BCUT2D eigenvalue weighted by atomic mass is 10.1. The van der Waals surface area contributed by atoms with Gasteiger partial charge in [-0.15, -0.1) is 0 Å². The number of aryl methyl sites for hydroxylation is 1. The van der Waals surface area contributed by atoms with Gasteiger partial charge in [0.2, 0.25) is 0 Å². The molecule has 18 heavy (non-hydrogen) atoms. The Morgan fingerprint density at radius 3 is 2.78 bits per heavy atom. The maximum Gasteiger partial charge on any atom is 0.306 e. The summed E-state index contributed by atoms with van der Waals surface area (Å²) in [5.74, 6) is -1.40. The van der Waals surface area contributed by atoms with Crippen molar-refractivity contribution in [2.45, 2.75) is 32.2 Å². The van der Waals surface area contributed by atoms with E-state index in [0.717, 1.165) is 5.69 Å². The van der Waals surface area contributed by atoms with Crippen LogP contribution in [0.3, 0.4) is 0 Å². The van der Waals surface area contributed by atoms with Crippen molar-refractivity contribution in [1.82, 2.24) is 15.3 Å². The fourth-order valence-electron chi connectivity index (χ4n) is 2.17. The molecule has 6 heteroatoms. The molecule has 1 aromatic heterocycles. The van der Waals surface area contributed by atoms with Crippen molar-refractivity contribution in [2.75, 3.05) is 0 Å². The molecule has 1 aromatic rings. The molecule has 2 N–H and O–H groups in total. The summed E-state index contributed by atoms with van der Waals surface area (Å²) in [4.78, 5) is 30.5. The number of carbonyl (C=O) groups is 2. The molecule has 1 saturated carbocycles. The van der Waals surface area contributed by atoms with E-state index in [1.165, 1.54) is 6.33 Å². The molecule has 0 radical (unpaired) electrons. The molecule has 96 valence electrons. The number of nitrogens with zero attached hydrogens (tertiary/aromatic N) is 2. The second-order valence-corrected chi connectivity index (χ2v) is 4.56. The van der Waals surface area contributed by atoms with Crippen LogP contribution in [-0.4, -0.2) is 33.0 Å². The number of carboxylic acid groups (broad SMARTS) is 1. The number of carboxylic acids is 1. The first kappa shape index (κ1) is 12.5. The highest BCUT2D eigenvalue weighted by atomic mass is 16.4. The molecule has 0 spiro atoms. The van der Waals surface area contributed by atoms with Gasteiger partial charge in [-0.25, -0.2) is 9.97 Å². The van der Waals surface area contributed by atoms with E-state index in [9.17, 15) is 9.59 Å². The molecule has 0 aromatic carbocycles. The lowest BCUT2D eigenvalue weighted by molar-refractivity contribution is -0.141. The number of hydrogen-bond donors (Lipinski definition) is 2. The number of aliphatic carboxylic acids is 1. The predicted octanol–water partition coefficient (Wildman–Crippen LogP) is 0.768. The van der Waals surface area contributed by atoms with Gasteiger partial charge in [0.05, 0.1) is 5.92 Å². The Morgan fingerprint density at radius 2 is 2.17 bits per heavy atom. The van der Waals surface area contributed by atoms with E-state index in [0.29, 0.717) is 25.0 Å². The molecule has 2 rings (SSSR count). The molecule has 0 saturated heterocycles. The van der Waals surface area contributed by atoms with E-state index in [1.807, 2.05) is 0 Å². The molecule has 1 amide bonds. The number of aromatic nitrogens is 2. The summed E-state index contributed by atoms with van der Waals surface area (Å²) in [7, 11) is 0. The van der Waals surface area contributed by atoms with E-state index >= 15 is 0 Å². The van der Waals surface area contributed by atoms with Gasteiger partial charge >= 0.3 is 5.97 Å². The molecule has 0 aliphatic heterocycles. The largest absolute Gasteiger partial charge is 0.481 e. The Hall–Kier alpha value is -1.98. The predicted molar refractivity (Wildman–Crippen MR) is 63.0 cm³/mol. The third-order valence-corrected chi connectivity index (χ3v) is 3.15. The highest BCUT2D eigenvalue weighted by Gasteiger charge is 2.30. The van der Waals surface area contributed by atoms with Gasteiger partial charge in [0.1, 0.15) is 12.0 Å². The van der Waals surface area contributed by atoms with E-state index < -0.39 is 5.97 Å². The van der Waals surface area contributed by atoms with Gasteiger partial charge in [-0.05, 0) is 32.3 Å². The summed E-state index contributed by atoms with van der Waals surface area (Å²) < 4.78 is 0.